The van der Waals surface area contributed by atoms with Crippen molar-refractivity contribution >= 4 is 19.8 Å². The van der Waals surface area contributed by atoms with Gasteiger partial charge in [0.05, 0.1) is 12.7 Å². The minimum atomic E-state index is -4.98. The summed E-state index contributed by atoms with van der Waals surface area (Å²) in [5.74, 6) is -1.25. The maximum Gasteiger partial charge on any atom is 0.472 e. The van der Waals surface area contributed by atoms with Gasteiger partial charge in [0.1, 0.15) is 5.75 Å². The van der Waals surface area contributed by atoms with Gasteiger partial charge in [0.25, 0.3) is 0 Å². The number of carbonyl (C=O) groups is 2. The number of benzene rings is 1. The fraction of sp³-hybridized carbons (Fsp3) is 0.286. The molecular formula is C14H17O9P. The van der Waals surface area contributed by atoms with Gasteiger partial charge < -0.3 is 24.0 Å². The number of ether oxygens (including phenoxy) is 3. The number of hydrogen-bond donors (Lipinski definition) is 2. The van der Waals surface area contributed by atoms with Gasteiger partial charge in [0.15, 0.2) is 6.61 Å². The first-order valence-electron chi connectivity index (χ1n) is 6.54. The third-order valence-corrected chi connectivity index (χ3v) is 3.03. The molecule has 0 saturated heterocycles. The minimum absolute atomic E-state index is 0.0615. The summed E-state index contributed by atoms with van der Waals surface area (Å²) >= 11 is 0. The Morgan fingerprint density at radius 3 is 2.29 bits per heavy atom. The first-order chi connectivity index (χ1) is 11.1. The van der Waals surface area contributed by atoms with Gasteiger partial charge in [0.2, 0.25) is 6.29 Å². The van der Waals surface area contributed by atoms with E-state index in [0.29, 0.717) is 5.75 Å². The molecule has 0 fully saturated rings. The van der Waals surface area contributed by atoms with Gasteiger partial charge in [-0.2, -0.15) is 0 Å². The smallest absolute Gasteiger partial charge is 0.472 e. The Hall–Kier alpha value is -2.19. The van der Waals surface area contributed by atoms with Gasteiger partial charge in [-0.25, -0.2) is 18.7 Å². The van der Waals surface area contributed by atoms with Gasteiger partial charge in [0, 0.05) is 5.57 Å². The quantitative estimate of drug-likeness (QED) is 0.306. The highest BCUT2D eigenvalue weighted by Crippen LogP contribution is 2.38. The van der Waals surface area contributed by atoms with Crippen LogP contribution in [0.4, 0.5) is 0 Å². The lowest BCUT2D eigenvalue weighted by Gasteiger charge is -2.18. The van der Waals surface area contributed by atoms with Crippen LogP contribution in [0, 0.1) is 0 Å². The van der Waals surface area contributed by atoms with Crippen molar-refractivity contribution in [3.8, 4) is 5.75 Å². The highest BCUT2D eigenvalue weighted by atomic mass is 31.2. The zero-order chi connectivity index (χ0) is 18.3. The zero-order valence-corrected chi connectivity index (χ0v) is 13.9. The molecule has 9 nitrogen and oxygen atoms in total. The van der Waals surface area contributed by atoms with Crippen molar-refractivity contribution in [1.29, 1.82) is 0 Å². The summed E-state index contributed by atoms with van der Waals surface area (Å²) in [5, 5.41) is 0. The van der Waals surface area contributed by atoms with Crippen LogP contribution < -0.4 is 4.74 Å². The van der Waals surface area contributed by atoms with Crippen molar-refractivity contribution in [1.82, 2.24) is 0 Å². The molecule has 1 aromatic rings. The summed E-state index contributed by atoms with van der Waals surface area (Å²) in [6.07, 6.45) is -1.79. The number of methoxy groups -OCH3 is 1. The van der Waals surface area contributed by atoms with Crippen LogP contribution in [0.15, 0.2) is 36.4 Å². The van der Waals surface area contributed by atoms with Crippen molar-refractivity contribution in [2.24, 2.45) is 0 Å². The Bertz CT molecular complexity index is 647. The topological polar surface area (TPSA) is 129 Å². The summed E-state index contributed by atoms with van der Waals surface area (Å²) in [4.78, 5) is 41.0. The van der Waals surface area contributed by atoms with Gasteiger partial charge in [-0.05, 0) is 31.2 Å². The number of carbonyl (C=O) groups excluding carboxylic acids is 2. The molecule has 1 aromatic carbocycles. The van der Waals surface area contributed by atoms with Crippen LogP contribution in [-0.4, -0.2) is 41.7 Å². The molecule has 1 unspecified atom stereocenters. The van der Waals surface area contributed by atoms with Gasteiger partial charge in [-0.1, -0.05) is 6.58 Å². The summed E-state index contributed by atoms with van der Waals surface area (Å²) in [6, 6.07) is 5.76. The standard InChI is InChI=1S/C14H17O9P/c1-9(2)13(15)21-8-12(23-24(17,18)19)22-14(16)10-4-6-11(20-3)7-5-10/h4-7,12H,1,8H2,2-3H3,(H2,17,18,19). The lowest BCUT2D eigenvalue weighted by Crippen LogP contribution is -2.27. The van der Waals surface area contributed by atoms with E-state index in [1.165, 1.54) is 38.3 Å². The average Bonchev–Trinajstić information content (AvgIpc) is 2.50. The Balaban J connectivity index is 2.78. The van der Waals surface area contributed by atoms with E-state index in [9.17, 15) is 14.2 Å². The Morgan fingerprint density at radius 2 is 1.83 bits per heavy atom. The zero-order valence-electron chi connectivity index (χ0n) is 13.0. The number of rotatable bonds is 8. The number of phosphoric ester groups is 1. The summed E-state index contributed by atoms with van der Waals surface area (Å²) in [7, 11) is -3.53. The predicted octanol–water partition coefficient (Wildman–Crippen LogP) is 1.41. The van der Waals surface area contributed by atoms with Gasteiger partial charge in [-0.15, -0.1) is 0 Å². The molecule has 0 aromatic heterocycles. The normalized spacial score (nSPS) is 12.2. The maximum atomic E-state index is 12.0. The van der Waals surface area contributed by atoms with E-state index in [2.05, 4.69) is 15.8 Å². The molecule has 0 amide bonds. The Kier molecular flexibility index (Phi) is 7.12. The lowest BCUT2D eigenvalue weighted by atomic mass is 10.2. The molecule has 1 rings (SSSR count). The van der Waals surface area contributed by atoms with Crippen molar-refractivity contribution in [3.05, 3.63) is 42.0 Å². The molecule has 10 heteroatoms. The predicted molar refractivity (Wildman–Crippen MR) is 81.1 cm³/mol. The summed E-state index contributed by atoms with van der Waals surface area (Å²) in [5.41, 5.74) is 0.146. The molecule has 1 atom stereocenters. The molecule has 0 spiro atoms. The van der Waals surface area contributed by atoms with E-state index in [0.717, 1.165) is 0 Å². The Labute approximate surface area is 138 Å². The van der Waals surface area contributed by atoms with Crippen LogP contribution in [0.5, 0.6) is 5.75 Å². The largest absolute Gasteiger partial charge is 0.497 e. The number of hydrogen-bond acceptors (Lipinski definition) is 7. The molecule has 0 aliphatic rings. The van der Waals surface area contributed by atoms with E-state index in [1.807, 2.05) is 0 Å². The van der Waals surface area contributed by atoms with Crippen LogP contribution in [0.2, 0.25) is 0 Å². The molecule has 24 heavy (non-hydrogen) atoms. The molecule has 0 heterocycles. The SMILES string of the molecule is C=C(C)C(=O)OCC(OC(=O)c1ccc(OC)cc1)OP(=O)(O)O. The summed E-state index contributed by atoms with van der Waals surface area (Å²) < 4.78 is 29.7. The fourth-order valence-corrected chi connectivity index (χ4v) is 1.83. The van der Waals surface area contributed by atoms with Crippen LogP contribution in [0.1, 0.15) is 17.3 Å². The van der Waals surface area contributed by atoms with Crippen molar-refractivity contribution in [3.63, 3.8) is 0 Å². The third-order valence-electron chi connectivity index (χ3n) is 2.52. The molecule has 0 aliphatic carbocycles. The number of esters is 2. The van der Waals surface area contributed by atoms with Crippen LogP contribution in [0.3, 0.4) is 0 Å². The molecule has 0 saturated carbocycles. The molecule has 0 bridgehead atoms. The first kappa shape index (κ1) is 19.9. The van der Waals surface area contributed by atoms with Gasteiger partial charge >= 0.3 is 19.8 Å². The van der Waals surface area contributed by atoms with Crippen LogP contribution in [0.25, 0.3) is 0 Å². The monoisotopic (exact) mass is 360 g/mol. The van der Waals surface area contributed by atoms with Crippen molar-refractivity contribution in [2.75, 3.05) is 13.7 Å². The van der Waals surface area contributed by atoms with E-state index in [1.54, 1.807) is 0 Å². The summed E-state index contributed by atoms with van der Waals surface area (Å²) in [6.45, 7) is 4.01. The van der Waals surface area contributed by atoms with Crippen molar-refractivity contribution < 1.29 is 42.7 Å². The molecule has 0 aliphatic heterocycles. The van der Waals surface area contributed by atoms with E-state index in [4.69, 9.17) is 19.3 Å². The molecule has 132 valence electrons. The molecular weight excluding hydrogens is 343 g/mol. The maximum absolute atomic E-state index is 12.0. The van der Waals surface area contributed by atoms with Crippen molar-refractivity contribution in [2.45, 2.75) is 13.2 Å². The Morgan fingerprint density at radius 1 is 1.25 bits per heavy atom. The minimum Gasteiger partial charge on any atom is -0.497 e. The third kappa shape index (κ3) is 6.93. The van der Waals surface area contributed by atoms with E-state index < -0.39 is 32.7 Å². The second-order valence-corrected chi connectivity index (χ2v) is 5.73. The van der Waals surface area contributed by atoms with Crippen LogP contribution >= 0.6 is 7.82 Å². The average molecular weight is 360 g/mol. The fourth-order valence-electron chi connectivity index (χ4n) is 1.42. The highest BCUT2D eigenvalue weighted by Gasteiger charge is 2.27. The highest BCUT2D eigenvalue weighted by molar-refractivity contribution is 7.46. The van der Waals surface area contributed by atoms with Gasteiger partial charge in [-0.3, -0.25) is 0 Å². The second-order valence-electron chi connectivity index (χ2n) is 4.54. The lowest BCUT2D eigenvalue weighted by molar-refractivity contribution is -0.151. The molecule has 0 radical (unpaired) electrons. The van der Waals surface area contributed by atoms with Crippen LogP contribution in [-0.2, 0) is 23.4 Å². The van der Waals surface area contributed by atoms with E-state index in [-0.39, 0.29) is 11.1 Å². The first-order valence-corrected chi connectivity index (χ1v) is 8.07. The van der Waals surface area contributed by atoms with E-state index >= 15 is 0 Å². The second kappa shape index (κ2) is 8.60. The molecule has 2 N–H and O–H groups in total. The number of phosphoric acid groups is 1.